The van der Waals surface area contributed by atoms with Gasteiger partial charge in [0.15, 0.2) is 0 Å². The lowest BCUT2D eigenvalue weighted by molar-refractivity contribution is 0.0951. The number of ether oxygens (including phenoxy) is 1. The van der Waals surface area contributed by atoms with E-state index in [1.165, 1.54) is 0 Å². The third-order valence-electron chi connectivity index (χ3n) is 2.87. The maximum absolute atomic E-state index is 11.9. The summed E-state index contributed by atoms with van der Waals surface area (Å²) in [6.45, 7) is 4.17. The molecule has 0 aliphatic carbocycles. The molecule has 5 heteroatoms. The fourth-order valence-corrected chi connectivity index (χ4v) is 1.64. The van der Waals surface area contributed by atoms with Crippen molar-refractivity contribution in [2.75, 3.05) is 39.5 Å². The number of nitrogens with two attached hydrogens (primary N) is 1. The molecule has 0 radical (unpaired) electrons. The summed E-state index contributed by atoms with van der Waals surface area (Å²) in [4.78, 5) is 13.9. The third kappa shape index (κ3) is 5.48. The highest BCUT2D eigenvalue weighted by molar-refractivity contribution is 5.95. The largest absolute Gasteiger partial charge is 0.491 e. The topological polar surface area (TPSA) is 67.6 Å². The number of nitrogen functional groups attached to an aromatic ring is 1. The monoisotopic (exact) mass is 279 g/mol. The zero-order valence-electron chi connectivity index (χ0n) is 12.6. The van der Waals surface area contributed by atoms with Gasteiger partial charge in [-0.05, 0) is 38.7 Å². The lowest BCUT2D eigenvalue weighted by Crippen LogP contribution is -2.31. The summed E-state index contributed by atoms with van der Waals surface area (Å²) in [5, 5.41) is 2.85. The molecule has 1 aromatic carbocycles. The van der Waals surface area contributed by atoms with E-state index in [1.54, 1.807) is 18.2 Å². The molecule has 0 saturated heterocycles. The van der Waals surface area contributed by atoms with Gasteiger partial charge in [0.05, 0.1) is 12.3 Å². The molecule has 0 aliphatic heterocycles. The van der Waals surface area contributed by atoms with E-state index in [9.17, 15) is 4.79 Å². The van der Waals surface area contributed by atoms with Gasteiger partial charge < -0.3 is 20.7 Å². The Morgan fingerprint density at radius 3 is 2.75 bits per heavy atom. The zero-order valence-corrected chi connectivity index (χ0v) is 12.6. The summed E-state index contributed by atoms with van der Waals surface area (Å²) < 4.78 is 5.56. The summed E-state index contributed by atoms with van der Waals surface area (Å²) >= 11 is 0. The van der Waals surface area contributed by atoms with Gasteiger partial charge in [-0.2, -0.15) is 0 Å². The van der Waals surface area contributed by atoms with Crippen molar-refractivity contribution < 1.29 is 9.53 Å². The number of nitrogens with one attached hydrogen (secondary N) is 1. The Kier molecular flexibility index (Phi) is 6.87. The van der Waals surface area contributed by atoms with E-state index in [-0.39, 0.29) is 5.91 Å². The van der Waals surface area contributed by atoms with Crippen LogP contribution in [0.15, 0.2) is 18.2 Å². The van der Waals surface area contributed by atoms with Gasteiger partial charge in [-0.3, -0.25) is 4.79 Å². The molecule has 1 amide bonds. The molecule has 0 aliphatic rings. The van der Waals surface area contributed by atoms with Gasteiger partial charge in [0.25, 0.3) is 5.91 Å². The van der Waals surface area contributed by atoms with E-state index < -0.39 is 0 Å². The first kappa shape index (κ1) is 16.3. The van der Waals surface area contributed by atoms with E-state index in [4.69, 9.17) is 10.5 Å². The van der Waals surface area contributed by atoms with Crippen molar-refractivity contribution in [3.63, 3.8) is 0 Å². The first-order valence-electron chi connectivity index (χ1n) is 6.99. The Morgan fingerprint density at radius 1 is 1.40 bits per heavy atom. The van der Waals surface area contributed by atoms with Gasteiger partial charge in [-0.1, -0.05) is 13.3 Å². The number of unbranched alkanes of at least 4 members (excludes halogenated alkanes) is 1. The number of anilines is 1. The van der Waals surface area contributed by atoms with Gasteiger partial charge >= 0.3 is 0 Å². The molecule has 0 saturated carbocycles. The fraction of sp³-hybridized carbons (Fsp3) is 0.533. The van der Waals surface area contributed by atoms with Crippen LogP contribution in [-0.2, 0) is 0 Å². The minimum absolute atomic E-state index is 0.112. The molecule has 0 bridgehead atoms. The lowest BCUT2D eigenvalue weighted by Gasteiger charge is -2.12. The minimum Gasteiger partial charge on any atom is -0.491 e. The molecule has 3 N–H and O–H groups in total. The summed E-state index contributed by atoms with van der Waals surface area (Å²) in [5.41, 5.74) is 6.97. The highest BCUT2D eigenvalue weighted by Crippen LogP contribution is 2.22. The Morgan fingerprint density at radius 2 is 2.15 bits per heavy atom. The molecule has 0 atom stereocenters. The maximum atomic E-state index is 11.9. The summed E-state index contributed by atoms with van der Waals surface area (Å²) in [6, 6.07) is 5.15. The van der Waals surface area contributed by atoms with Crippen molar-refractivity contribution >= 4 is 11.6 Å². The number of carbonyl (C=O) groups is 1. The predicted molar refractivity (Wildman–Crippen MR) is 82.1 cm³/mol. The second-order valence-corrected chi connectivity index (χ2v) is 5.01. The summed E-state index contributed by atoms with van der Waals surface area (Å²) in [7, 11) is 3.93. The van der Waals surface area contributed by atoms with E-state index in [2.05, 4.69) is 12.2 Å². The minimum atomic E-state index is -0.112. The molecule has 1 aromatic rings. The van der Waals surface area contributed by atoms with Crippen LogP contribution in [0.5, 0.6) is 5.75 Å². The van der Waals surface area contributed by atoms with Crippen LogP contribution in [0.3, 0.4) is 0 Å². The average molecular weight is 279 g/mol. The second-order valence-electron chi connectivity index (χ2n) is 5.01. The van der Waals surface area contributed by atoms with Crippen LogP contribution in [0.2, 0.25) is 0 Å². The van der Waals surface area contributed by atoms with E-state index in [1.807, 2.05) is 19.0 Å². The molecule has 112 valence electrons. The molecule has 5 nitrogen and oxygen atoms in total. The zero-order chi connectivity index (χ0) is 15.0. The molecular weight excluding hydrogens is 254 g/mol. The summed E-state index contributed by atoms with van der Waals surface area (Å²) in [6.07, 6.45) is 2.07. The lowest BCUT2D eigenvalue weighted by atomic mass is 10.1. The molecule has 20 heavy (non-hydrogen) atoms. The SMILES string of the molecule is CCCCOc1ccc(C(=O)NCCN(C)C)cc1N. The smallest absolute Gasteiger partial charge is 0.251 e. The Balaban J connectivity index is 2.55. The molecule has 0 aromatic heterocycles. The van der Waals surface area contributed by atoms with Crippen LogP contribution in [-0.4, -0.2) is 44.6 Å². The second kappa shape index (κ2) is 8.43. The number of carbonyl (C=O) groups excluding carboxylic acids is 1. The molecule has 0 unspecified atom stereocenters. The highest BCUT2D eigenvalue weighted by atomic mass is 16.5. The third-order valence-corrected chi connectivity index (χ3v) is 2.87. The van der Waals surface area contributed by atoms with Gasteiger partial charge in [0, 0.05) is 18.7 Å². The van der Waals surface area contributed by atoms with Crippen molar-refractivity contribution in [3.05, 3.63) is 23.8 Å². The van der Waals surface area contributed by atoms with Crippen LogP contribution in [0.4, 0.5) is 5.69 Å². The van der Waals surface area contributed by atoms with Crippen LogP contribution in [0, 0.1) is 0 Å². The van der Waals surface area contributed by atoms with Crippen molar-refractivity contribution in [2.24, 2.45) is 0 Å². The van der Waals surface area contributed by atoms with Crippen LogP contribution < -0.4 is 15.8 Å². The van der Waals surface area contributed by atoms with Crippen molar-refractivity contribution in [3.8, 4) is 5.75 Å². The number of hydrogen-bond acceptors (Lipinski definition) is 4. The van der Waals surface area contributed by atoms with Crippen molar-refractivity contribution in [1.29, 1.82) is 0 Å². The molecule has 1 rings (SSSR count). The van der Waals surface area contributed by atoms with Crippen LogP contribution in [0.25, 0.3) is 0 Å². The molecular formula is C15H25N3O2. The summed E-state index contributed by atoms with van der Waals surface area (Å²) in [5.74, 6) is 0.530. The molecule has 0 fully saturated rings. The Bertz CT molecular complexity index is 433. The number of amides is 1. The van der Waals surface area contributed by atoms with Crippen LogP contribution >= 0.6 is 0 Å². The van der Waals surface area contributed by atoms with E-state index >= 15 is 0 Å². The number of hydrogen-bond donors (Lipinski definition) is 2. The standard InChI is InChI=1S/C15H25N3O2/c1-4-5-10-20-14-7-6-12(11-13(14)16)15(19)17-8-9-18(2)3/h6-7,11H,4-5,8-10,16H2,1-3H3,(H,17,19). The Hall–Kier alpha value is -1.75. The average Bonchev–Trinajstić information content (AvgIpc) is 2.40. The van der Waals surface area contributed by atoms with Crippen molar-refractivity contribution in [1.82, 2.24) is 10.2 Å². The normalized spacial score (nSPS) is 10.6. The van der Waals surface area contributed by atoms with Crippen molar-refractivity contribution in [2.45, 2.75) is 19.8 Å². The first-order valence-corrected chi connectivity index (χ1v) is 6.99. The van der Waals surface area contributed by atoms with E-state index in [0.29, 0.717) is 30.2 Å². The van der Waals surface area contributed by atoms with Gasteiger partial charge in [0.1, 0.15) is 5.75 Å². The van der Waals surface area contributed by atoms with Gasteiger partial charge in [0.2, 0.25) is 0 Å². The highest BCUT2D eigenvalue weighted by Gasteiger charge is 2.08. The Labute approximate surface area is 121 Å². The van der Waals surface area contributed by atoms with Crippen LogP contribution in [0.1, 0.15) is 30.1 Å². The molecule has 0 heterocycles. The number of rotatable bonds is 8. The maximum Gasteiger partial charge on any atom is 0.251 e. The van der Waals surface area contributed by atoms with Gasteiger partial charge in [-0.15, -0.1) is 0 Å². The fourth-order valence-electron chi connectivity index (χ4n) is 1.64. The quantitative estimate of drug-likeness (QED) is 0.562. The number of benzene rings is 1. The van der Waals surface area contributed by atoms with E-state index in [0.717, 1.165) is 19.4 Å². The number of likely N-dealkylation sites (N-methyl/N-ethyl adjacent to an activating group) is 1. The predicted octanol–water partition coefficient (Wildman–Crippen LogP) is 1.74. The first-order chi connectivity index (χ1) is 9.54. The molecule has 0 spiro atoms. The number of nitrogens with zero attached hydrogens (tertiary/aromatic N) is 1. The van der Waals surface area contributed by atoms with Gasteiger partial charge in [-0.25, -0.2) is 0 Å².